The van der Waals surface area contributed by atoms with Gasteiger partial charge in [-0.1, -0.05) is 5.24 Å². The third-order valence-corrected chi connectivity index (χ3v) is 1.67. The highest BCUT2D eigenvalue weighted by molar-refractivity contribution is 6.60. The molecule has 7 nitrogen and oxygen atoms in total. The number of anilines is 1. The fourth-order valence-corrected chi connectivity index (χ4v) is 0.927. The number of ether oxygens (including phenoxy) is 1. The molecule has 0 amide bonds. The molecule has 0 fully saturated rings. The monoisotopic (exact) mass is 217 g/mol. The van der Waals surface area contributed by atoms with Crippen LogP contribution in [0.5, 0.6) is 0 Å². The molecule has 1 N–H and O–H groups in total. The zero-order valence-corrected chi connectivity index (χ0v) is 8.47. The maximum absolute atomic E-state index is 11.1. The number of H-pyrrole nitrogens is 1. The number of aromatic nitrogens is 2. The minimum Gasteiger partial charge on any atom is -0.468 e. The Hall–Kier alpha value is -1.60. The Morgan fingerprint density at radius 1 is 1.62 bits per heavy atom. The largest absolute Gasteiger partial charge is 0.468 e. The van der Waals surface area contributed by atoms with Gasteiger partial charge in [0, 0.05) is 0 Å². The van der Waals surface area contributed by atoms with E-state index in [4.69, 9.17) is 23.5 Å². The number of nitrogens with zero attached hydrogens (tertiary/aromatic N) is 2. The summed E-state index contributed by atoms with van der Waals surface area (Å²) in [5.74, 6) is -1.65. The summed E-state index contributed by atoms with van der Waals surface area (Å²) < 4.78 is 8.64. The maximum atomic E-state index is 11.1. The fraction of sp³-hybridized carbons (Fsp3) is 0.500. The van der Waals surface area contributed by atoms with Crippen LogP contribution in [-0.2, 0) is 9.53 Å². The number of aromatic amines is 1. The van der Waals surface area contributed by atoms with Gasteiger partial charge in [-0.3, -0.25) is 14.3 Å². The summed E-state index contributed by atoms with van der Waals surface area (Å²) in [6.07, 6.45) is 0. The van der Waals surface area contributed by atoms with Crippen molar-refractivity contribution in [2.45, 2.75) is 5.24 Å². The first-order valence-corrected chi connectivity index (χ1v) is 4.11. The van der Waals surface area contributed by atoms with Crippen LogP contribution >= 0.6 is 0 Å². The summed E-state index contributed by atoms with van der Waals surface area (Å²) in [5, 5.41) is 1.41. The second-order valence-corrected chi connectivity index (χ2v) is 2.97. The molecular weight excluding hydrogens is 211 g/mol. The first-order chi connectivity index (χ1) is 7.34. The predicted octanol–water partition coefficient (Wildman–Crippen LogP) is -2.54. The molecular formula is C6H6B3N3O4. The molecule has 16 heavy (non-hydrogen) atoms. The topological polar surface area (TPSA) is 88.4 Å². The van der Waals surface area contributed by atoms with Gasteiger partial charge >= 0.3 is 11.7 Å². The minimum absolute atomic E-state index is 0.164. The highest BCUT2D eigenvalue weighted by Gasteiger charge is 2.26. The van der Waals surface area contributed by atoms with Crippen molar-refractivity contribution in [3.05, 3.63) is 10.6 Å². The molecule has 1 heterocycles. The molecule has 0 spiro atoms. The lowest BCUT2D eigenvalue weighted by atomic mass is 9.48. The molecule has 1 rings (SSSR count). The third kappa shape index (κ3) is 2.95. The standard InChI is InChI=1S/C6H6B3N3O4/c1-15-3(13)2-12(6(7,8)9)4-10-5(14)16-11-4/h2H2,1H3,(H,10,11,14). The molecule has 0 aliphatic carbocycles. The average molecular weight is 217 g/mol. The molecule has 0 saturated heterocycles. The van der Waals surface area contributed by atoms with Gasteiger partial charge in [-0.25, -0.2) is 4.79 Å². The smallest absolute Gasteiger partial charge is 0.440 e. The lowest BCUT2D eigenvalue weighted by Crippen LogP contribution is -2.53. The number of carbonyl (C=O) groups excluding carboxylic acids is 1. The van der Waals surface area contributed by atoms with Crippen LogP contribution in [0.1, 0.15) is 0 Å². The van der Waals surface area contributed by atoms with E-state index in [1.54, 1.807) is 0 Å². The number of rotatable bonds is 4. The number of hydrogen-bond acceptors (Lipinski definition) is 6. The molecule has 0 bridgehead atoms. The van der Waals surface area contributed by atoms with Crippen molar-refractivity contribution in [2.24, 2.45) is 0 Å². The SMILES string of the molecule is [B]C([B])([B])N(CC(=O)OC)c1noc(=O)[nH]1. The van der Waals surface area contributed by atoms with Crippen molar-refractivity contribution in [3.8, 4) is 0 Å². The highest BCUT2D eigenvalue weighted by atomic mass is 16.5. The molecule has 0 aliphatic heterocycles. The van der Waals surface area contributed by atoms with Crippen LogP contribution in [0.15, 0.2) is 9.32 Å². The first-order valence-electron chi connectivity index (χ1n) is 4.11. The van der Waals surface area contributed by atoms with Crippen LogP contribution in [-0.4, -0.2) is 58.5 Å². The summed E-state index contributed by atoms with van der Waals surface area (Å²) in [6, 6.07) is 0. The van der Waals surface area contributed by atoms with Crippen molar-refractivity contribution >= 4 is 35.5 Å². The van der Waals surface area contributed by atoms with E-state index in [-0.39, 0.29) is 12.5 Å². The number of hydrogen-bond donors (Lipinski definition) is 1. The van der Waals surface area contributed by atoms with Gasteiger partial charge in [0.15, 0.2) is 0 Å². The Kier molecular flexibility index (Phi) is 3.51. The van der Waals surface area contributed by atoms with Crippen molar-refractivity contribution < 1.29 is 14.1 Å². The first kappa shape index (κ1) is 12.5. The van der Waals surface area contributed by atoms with Crippen molar-refractivity contribution in [2.75, 3.05) is 18.6 Å². The predicted molar refractivity (Wildman–Crippen MR) is 56.5 cm³/mol. The van der Waals surface area contributed by atoms with Crippen molar-refractivity contribution in [1.82, 2.24) is 10.1 Å². The molecule has 0 aromatic carbocycles. The van der Waals surface area contributed by atoms with E-state index in [9.17, 15) is 9.59 Å². The molecule has 1 aromatic rings. The van der Waals surface area contributed by atoms with Crippen LogP contribution in [0.4, 0.5) is 5.95 Å². The quantitative estimate of drug-likeness (QED) is 0.441. The van der Waals surface area contributed by atoms with Gasteiger partial charge in [0.2, 0.25) is 5.95 Å². The summed E-state index contributed by atoms with van der Waals surface area (Å²) in [6.45, 7) is -0.386. The van der Waals surface area contributed by atoms with Gasteiger partial charge in [0.1, 0.15) is 6.54 Å². The minimum atomic E-state index is -1.89. The summed E-state index contributed by atoms with van der Waals surface area (Å²) in [7, 11) is 17.4. The molecule has 0 aliphatic rings. The zero-order valence-electron chi connectivity index (χ0n) is 8.47. The molecule has 0 unspecified atom stereocenters. The normalized spacial score (nSPS) is 11.1. The second kappa shape index (κ2) is 4.50. The van der Waals surface area contributed by atoms with E-state index in [1.165, 1.54) is 7.11 Å². The third-order valence-electron chi connectivity index (χ3n) is 1.67. The zero-order chi connectivity index (χ0) is 12.3. The van der Waals surface area contributed by atoms with Gasteiger partial charge in [-0.2, -0.15) is 0 Å². The van der Waals surface area contributed by atoms with Crippen LogP contribution in [0.2, 0.25) is 0 Å². The highest BCUT2D eigenvalue weighted by Crippen LogP contribution is 2.11. The lowest BCUT2D eigenvalue weighted by molar-refractivity contribution is -0.139. The van der Waals surface area contributed by atoms with Crippen LogP contribution in [0.3, 0.4) is 0 Å². The van der Waals surface area contributed by atoms with Crippen molar-refractivity contribution in [1.29, 1.82) is 0 Å². The molecule has 1 aromatic heterocycles. The van der Waals surface area contributed by atoms with Crippen molar-refractivity contribution in [3.63, 3.8) is 0 Å². The van der Waals surface area contributed by atoms with Gasteiger partial charge in [0.05, 0.1) is 30.6 Å². The van der Waals surface area contributed by atoms with E-state index in [0.717, 1.165) is 4.90 Å². The second-order valence-electron chi connectivity index (χ2n) is 2.97. The van der Waals surface area contributed by atoms with Gasteiger partial charge in [-0.05, 0) is 5.16 Å². The molecule has 10 heteroatoms. The number of nitrogens with one attached hydrogen (secondary N) is 1. The number of esters is 1. The Bertz CT molecular complexity index is 423. The summed E-state index contributed by atoms with van der Waals surface area (Å²) >= 11 is 0. The van der Waals surface area contributed by atoms with E-state index in [1.807, 2.05) is 0 Å². The summed E-state index contributed by atoms with van der Waals surface area (Å²) in [4.78, 5) is 24.9. The van der Waals surface area contributed by atoms with E-state index < -0.39 is 17.0 Å². The van der Waals surface area contributed by atoms with E-state index in [2.05, 4.69) is 19.4 Å². The average Bonchev–Trinajstić information content (AvgIpc) is 2.58. The number of carbonyl (C=O) groups is 1. The Labute approximate surface area is 94.7 Å². The molecule has 0 saturated carbocycles. The van der Waals surface area contributed by atoms with E-state index >= 15 is 0 Å². The van der Waals surface area contributed by atoms with Crippen LogP contribution in [0.25, 0.3) is 0 Å². The fourth-order valence-electron chi connectivity index (χ4n) is 0.927. The van der Waals surface area contributed by atoms with Gasteiger partial charge in [0.25, 0.3) is 0 Å². The maximum Gasteiger partial charge on any atom is 0.440 e. The lowest BCUT2D eigenvalue weighted by Gasteiger charge is -2.35. The van der Waals surface area contributed by atoms with Gasteiger partial charge in [-0.15, -0.1) is 0 Å². The van der Waals surface area contributed by atoms with E-state index in [0.29, 0.717) is 0 Å². The Morgan fingerprint density at radius 3 is 2.62 bits per heavy atom. The molecule has 78 valence electrons. The molecule has 0 atom stereocenters. The Balaban J connectivity index is 2.97. The Morgan fingerprint density at radius 2 is 2.25 bits per heavy atom. The van der Waals surface area contributed by atoms with Crippen LogP contribution in [0, 0.1) is 0 Å². The van der Waals surface area contributed by atoms with Crippen LogP contribution < -0.4 is 10.7 Å². The molecule has 6 radical (unpaired) electrons. The van der Waals surface area contributed by atoms with Gasteiger partial charge < -0.3 is 9.64 Å². The summed E-state index contributed by atoms with van der Waals surface area (Å²) in [5.41, 5.74) is 0. The number of methoxy groups -OCH3 is 1.